The molecule has 2 heterocycles. The van der Waals surface area contributed by atoms with Crippen LogP contribution in [0, 0.1) is 13.8 Å². The summed E-state index contributed by atoms with van der Waals surface area (Å²) in [5.41, 5.74) is 0. The molecule has 0 aliphatic rings. The van der Waals surface area contributed by atoms with Crippen LogP contribution in [0.1, 0.15) is 11.6 Å². The van der Waals surface area contributed by atoms with Crippen molar-refractivity contribution in [2.75, 3.05) is 0 Å². The van der Waals surface area contributed by atoms with Crippen LogP contribution in [-0.2, 0) is 0 Å². The first-order valence-electron chi connectivity index (χ1n) is 3.53. The second-order valence-corrected chi connectivity index (χ2v) is 2.46. The zero-order valence-electron chi connectivity index (χ0n) is 6.81. The lowest BCUT2D eigenvalue weighted by atomic mass is 10.7. The van der Waals surface area contributed by atoms with Gasteiger partial charge in [0.2, 0.25) is 0 Å². The number of nitrogens with one attached hydrogen (secondary N) is 1. The van der Waals surface area contributed by atoms with Gasteiger partial charge in [0.25, 0.3) is 5.95 Å². The molecular weight excluding hydrogens is 156 g/mol. The molecule has 0 fully saturated rings. The monoisotopic (exact) mass is 164 g/mol. The molecule has 2 aromatic heterocycles. The van der Waals surface area contributed by atoms with Gasteiger partial charge in [-0.15, -0.1) is 10.2 Å². The molecule has 2 aromatic rings. The Hall–Kier alpha value is -1.72. The molecule has 0 aliphatic heterocycles. The maximum absolute atomic E-state index is 4.09. The first-order chi connectivity index (χ1) is 5.75. The average molecular weight is 164 g/mol. The molecule has 0 aromatic carbocycles. The molecule has 0 unspecified atom stereocenters. The number of hydrogen-bond acceptors (Lipinski definition) is 4. The topological polar surface area (TPSA) is 72.3 Å². The third-order valence-corrected chi connectivity index (χ3v) is 1.40. The maximum Gasteiger partial charge on any atom is 0.270 e. The van der Waals surface area contributed by atoms with Crippen LogP contribution >= 0.6 is 0 Å². The molecule has 0 amide bonds. The number of aromatic amines is 1. The first kappa shape index (κ1) is 6.96. The number of H-pyrrole nitrogens is 1. The van der Waals surface area contributed by atoms with E-state index in [2.05, 4.69) is 25.3 Å². The van der Waals surface area contributed by atoms with Crippen LogP contribution in [-0.4, -0.2) is 29.9 Å². The second kappa shape index (κ2) is 2.40. The first-order valence-corrected chi connectivity index (χ1v) is 3.53. The molecule has 12 heavy (non-hydrogen) atoms. The van der Waals surface area contributed by atoms with Gasteiger partial charge in [-0.05, 0) is 13.8 Å². The maximum atomic E-state index is 4.09. The van der Waals surface area contributed by atoms with Crippen LogP contribution < -0.4 is 0 Å². The number of aryl methyl sites for hydroxylation is 2. The normalized spacial score (nSPS) is 10.5. The zero-order chi connectivity index (χ0) is 8.55. The van der Waals surface area contributed by atoms with E-state index in [1.165, 1.54) is 4.68 Å². The fourth-order valence-electron chi connectivity index (χ4n) is 0.876. The number of nitrogens with zero attached hydrogens (tertiary/aromatic N) is 5. The van der Waals surface area contributed by atoms with Gasteiger partial charge in [-0.1, -0.05) is 0 Å². The van der Waals surface area contributed by atoms with Crippen LogP contribution in [0.4, 0.5) is 0 Å². The van der Waals surface area contributed by atoms with Gasteiger partial charge in [-0.25, -0.2) is 4.98 Å². The minimum atomic E-state index is 0.521. The van der Waals surface area contributed by atoms with Crippen molar-refractivity contribution >= 4 is 0 Å². The number of rotatable bonds is 1. The minimum absolute atomic E-state index is 0.521. The number of aromatic nitrogens is 6. The molecule has 0 saturated heterocycles. The van der Waals surface area contributed by atoms with Gasteiger partial charge in [-0.3, -0.25) is 5.10 Å². The molecule has 2 rings (SSSR count). The molecule has 0 saturated carbocycles. The predicted octanol–water partition coefficient (Wildman–Crippen LogP) is 0.00224. The summed E-state index contributed by atoms with van der Waals surface area (Å²) in [6.07, 6.45) is 1.58. The quantitative estimate of drug-likeness (QED) is 0.644. The summed E-state index contributed by atoms with van der Waals surface area (Å²) in [6.45, 7) is 3.65. The van der Waals surface area contributed by atoms with Crippen molar-refractivity contribution in [2.24, 2.45) is 0 Å². The average Bonchev–Trinajstić information content (AvgIpc) is 2.58. The van der Waals surface area contributed by atoms with Gasteiger partial charge in [0, 0.05) is 0 Å². The van der Waals surface area contributed by atoms with E-state index in [4.69, 9.17) is 0 Å². The fraction of sp³-hybridized carbons (Fsp3) is 0.333. The predicted molar refractivity (Wildman–Crippen MR) is 40.8 cm³/mol. The lowest BCUT2D eigenvalue weighted by Crippen LogP contribution is -1.97. The zero-order valence-corrected chi connectivity index (χ0v) is 6.81. The molecule has 6 nitrogen and oxygen atoms in total. The summed E-state index contributed by atoms with van der Waals surface area (Å²) < 4.78 is 1.53. The highest BCUT2D eigenvalue weighted by molar-refractivity contribution is 5.05. The van der Waals surface area contributed by atoms with Crippen molar-refractivity contribution in [3.8, 4) is 5.95 Å². The van der Waals surface area contributed by atoms with Gasteiger partial charge in [-0.2, -0.15) is 9.67 Å². The van der Waals surface area contributed by atoms with Crippen LogP contribution in [0.25, 0.3) is 5.95 Å². The highest BCUT2D eigenvalue weighted by atomic mass is 15.4. The molecule has 1 N–H and O–H groups in total. The van der Waals surface area contributed by atoms with Crippen LogP contribution in [0.5, 0.6) is 0 Å². The summed E-state index contributed by atoms with van der Waals surface area (Å²) in [5, 5.41) is 10.7. The lowest BCUT2D eigenvalue weighted by molar-refractivity contribution is 0.801. The van der Waals surface area contributed by atoms with Crippen LogP contribution in [0.3, 0.4) is 0 Å². The van der Waals surface area contributed by atoms with Gasteiger partial charge < -0.3 is 0 Å². The Balaban J connectivity index is 2.43. The van der Waals surface area contributed by atoms with Crippen molar-refractivity contribution < 1.29 is 0 Å². The molecule has 0 spiro atoms. The molecule has 62 valence electrons. The number of hydrogen-bond donors (Lipinski definition) is 1. The third kappa shape index (κ3) is 1.07. The van der Waals surface area contributed by atoms with E-state index in [9.17, 15) is 0 Å². The van der Waals surface area contributed by atoms with Gasteiger partial charge >= 0.3 is 0 Å². The molecule has 0 bridgehead atoms. The third-order valence-electron chi connectivity index (χ3n) is 1.40. The summed E-state index contributed by atoms with van der Waals surface area (Å²) in [4.78, 5) is 8.05. The van der Waals surface area contributed by atoms with E-state index in [0.717, 1.165) is 5.82 Å². The highest BCUT2D eigenvalue weighted by Crippen LogP contribution is 1.97. The lowest BCUT2D eigenvalue weighted by Gasteiger charge is -1.87. The van der Waals surface area contributed by atoms with E-state index < -0.39 is 0 Å². The fourth-order valence-corrected chi connectivity index (χ4v) is 0.876. The molecular formula is C6H8N6. The Kier molecular flexibility index (Phi) is 1.39. The Labute approximate surface area is 68.7 Å². The Morgan fingerprint density at radius 3 is 2.75 bits per heavy atom. The smallest absolute Gasteiger partial charge is 0.261 e. The standard InChI is InChI=1S/C6H8N6/c1-4-7-3-12(11-4)6-8-5(2)9-10-6/h3H,1-2H3,(H,8,9,10). The van der Waals surface area contributed by atoms with Crippen LogP contribution in [0.2, 0.25) is 0 Å². The van der Waals surface area contributed by atoms with E-state index >= 15 is 0 Å². The van der Waals surface area contributed by atoms with Gasteiger partial charge in [0.15, 0.2) is 0 Å². The van der Waals surface area contributed by atoms with Crippen molar-refractivity contribution in [3.63, 3.8) is 0 Å². The van der Waals surface area contributed by atoms with Crippen molar-refractivity contribution in [3.05, 3.63) is 18.0 Å². The minimum Gasteiger partial charge on any atom is -0.261 e. The van der Waals surface area contributed by atoms with Crippen molar-refractivity contribution in [1.82, 2.24) is 29.9 Å². The van der Waals surface area contributed by atoms with Crippen LogP contribution in [0.15, 0.2) is 6.33 Å². The molecule has 0 atom stereocenters. The Morgan fingerprint density at radius 2 is 2.25 bits per heavy atom. The summed E-state index contributed by atoms with van der Waals surface area (Å²) in [6, 6.07) is 0. The second-order valence-electron chi connectivity index (χ2n) is 2.46. The van der Waals surface area contributed by atoms with Gasteiger partial charge in [0.05, 0.1) is 0 Å². The largest absolute Gasteiger partial charge is 0.270 e. The highest BCUT2D eigenvalue weighted by Gasteiger charge is 2.03. The van der Waals surface area contributed by atoms with Crippen molar-refractivity contribution in [2.45, 2.75) is 13.8 Å². The van der Waals surface area contributed by atoms with Gasteiger partial charge in [0.1, 0.15) is 18.0 Å². The van der Waals surface area contributed by atoms with E-state index in [1.54, 1.807) is 6.33 Å². The molecule has 0 radical (unpaired) electrons. The molecule has 6 heteroatoms. The summed E-state index contributed by atoms with van der Waals surface area (Å²) in [5.74, 6) is 1.99. The van der Waals surface area contributed by atoms with E-state index in [1.807, 2.05) is 13.8 Å². The van der Waals surface area contributed by atoms with E-state index in [0.29, 0.717) is 11.8 Å². The Morgan fingerprint density at radius 1 is 1.42 bits per heavy atom. The molecule has 0 aliphatic carbocycles. The summed E-state index contributed by atoms with van der Waals surface area (Å²) in [7, 11) is 0. The Bertz CT molecular complexity index is 348. The SMILES string of the molecule is Cc1ncn(-c2n[nH]c(C)n2)n1. The van der Waals surface area contributed by atoms with Crippen molar-refractivity contribution in [1.29, 1.82) is 0 Å². The van der Waals surface area contributed by atoms with E-state index in [-0.39, 0.29) is 0 Å². The summed E-state index contributed by atoms with van der Waals surface area (Å²) >= 11 is 0.